The van der Waals surface area contributed by atoms with Crippen molar-refractivity contribution in [3.63, 3.8) is 0 Å². The van der Waals surface area contributed by atoms with Gasteiger partial charge in [0.15, 0.2) is 5.13 Å². The first-order valence-corrected chi connectivity index (χ1v) is 10.5. The summed E-state index contributed by atoms with van der Waals surface area (Å²) in [6.07, 6.45) is 0. The third-order valence-corrected chi connectivity index (χ3v) is 5.84. The Kier molecular flexibility index (Phi) is 5.26. The van der Waals surface area contributed by atoms with E-state index in [9.17, 15) is 14.4 Å². The number of carbonyl (C=O) groups is 3. The van der Waals surface area contributed by atoms with Gasteiger partial charge in [-0.2, -0.15) is 0 Å². The van der Waals surface area contributed by atoms with Crippen LogP contribution in [0, 0.1) is 5.92 Å². The molecule has 1 aliphatic rings. The molecular formula is C22H21N3O4S. The number of imide groups is 1. The van der Waals surface area contributed by atoms with Crippen molar-refractivity contribution in [2.45, 2.75) is 26.8 Å². The number of benzene rings is 2. The van der Waals surface area contributed by atoms with Crippen molar-refractivity contribution in [2.24, 2.45) is 5.92 Å². The maximum absolute atomic E-state index is 13.1. The lowest BCUT2D eigenvalue weighted by Gasteiger charge is -2.27. The molecule has 30 heavy (non-hydrogen) atoms. The van der Waals surface area contributed by atoms with Gasteiger partial charge in [-0.05, 0) is 43.2 Å². The predicted molar refractivity (Wildman–Crippen MR) is 115 cm³/mol. The molecule has 1 aliphatic heterocycles. The molecule has 154 valence electrons. The molecule has 4 rings (SSSR count). The number of thiazole rings is 1. The molecule has 1 unspecified atom stereocenters. The second kappa shape index (κ2) is 7.87. The summed E-state index contributed by atoms with van der Waals surface area (Å²) >= 11 is 1.31. The van der Waals surface area contributed by atoms with E-state index in [1.165, 1.54) is 11.3 Å². The van der Waals surface area contributed by atoms with E-state index in [0.29, 0.717) is 22.9 Å². The number of amides is 3. The van der Waals surface area contributed by atoms with Gasteiger partial charge in [-0.1, -0.05) is 37.3 Å². The number of nitrogens with one attached hydrogen (secondary N) is 1. The molecule has 0 saturated heterocycles. The zero-order chi connectivity index (χ0) is 21.4. The zero-order valence-electron chi connectivity index (χ0n) is 16.8. The quantitative estimate of drug-likeness (QED) is 0.607. The Morgan fingerprint density at radius 1 is 1.13 bits per heavy atom. The van der Waals surface area contributed by atoms with Crippen molar-refractivity contribution in [3.8, 4) is 5.75 Å². The fourth-order valence-corrected chi connectivity index (χ4v) is 4.47. The number of nitrogens with zero attached hydrogens (tertiary/aromatic N) is 2. The molecular weight excluding hydrogens is 402 g/mol. The smallest absolute Gasteiger partial charge is 0.262 e. The molecule has 2 aromatic carbocycles. The number of aromatic nitrogens is 1. The summed E-state index contributed by atoms with van der Waals surface area (Å²) < 4.78 is 6.38. The van der Waals surface area contributed by atoms with Crippen molar-refractivity contribution in [1.29, 1.82) is 0 Å². The summed E-state index contributed by atoms with van der Waals surface area (Å²) in [6.45, 7) is 6.08. The van der Waals surface area contributed by atoms with Crippen LogP contribution in [0.2, 0.25) is 0 Å². The Labute approximate surface area is 177 Å². The first-order valence-electron chi connectivity index (χ1n) is 9.72. The van der Waals surface area contributed by atoms with Gasteiger partial charge in [0.25, 0.3) is 11.8 Å². The maximum atomic E-state index is 13.1. The molecule has 0 fully saturated rings. The Bertz CT molecular complexity index is 1120. The van der Waals surface area contributed by atoms with Gasteiger partial charge >= 0.3 is 0 Å². The van der Waals surface area contributed by atoms with Crippen molar-refractivity contribution in [3.05, 3.63) is 53.6 Å². The molecule has 2 heterocycles. The number of hydrogen-bond acceptors (Lipinski definition) is 6. The van der Waals surface area contributed by atoms with Gasteiger partial charge in [0, 0.05) is 0 Å². The summed E-state index contributed by atoms with van der Waals surface area (Å²) in [4.78, 5) is 44.3. The van der Waals surface area contributed by atoms with Gasteiger partial charge in [0.05, 0.1) is 28.0 Å². The summed E-state index contributed by atoms with van der Waals surface area (Å²) in [6, 6.07) is 11.2. The molecule has 1 N–H and O–H groups in total. The molecule has 7 nitrogen and oxygen atoms in total. The molecule has 8 heteroatoms. The van der Waals surface area contributed by atoms with Crippen LogP contribution in [0.1, 0.15) is 41.5 Å². The van der Waals surface area contributed by atoms with E-state index >= 15 is 0 Å². The highest BCUT2D eigenvalue weighted by Gasteiger charge is 2.44. The van der Waals surface area contributed by atoms with Crippen LogP contribution in [0.5, 0.6) is 5.75 Å². The lowest BCUT2D eigenvalue weighted by Crippen LogP contribution is -2.50. The molecule has 0 bridgehead atoms. The summed E-state index contributed by atoms with van der Waals surface area (Å²) in [7, 11) is 0. The highest BCUT2D eigenvalue weighted by atomic mass is 32.1. The Morgan fingerprint density at radius 2 is 1.80 bits per heavy atom. The van der Waals surface area contributed by atoms with E-state index in [1.54, 1.807) is 38.1 Å². The first-order chi connectivity index (χ1) is 14.4. The minimum Gasteiger partial charge on any atom is -0.494 e. The van der Waals surface area contributed by atoms with Gasteiger partial charge in [-0.25, -0.2) is 4.98 Å². The van der Waals surface area contributed by atoms with Gasteiger partial charge in [0.2, 0.25) is 5.91 Å². The number of carbonyl (C=O) groups excluding carboxylic acids is 3. The molecule has 0 aliphatic carbocycles. The number of fused-ring (bicyclic) bond motifs is 2. The molecule has 0 radical (unpaired) electrons. The van der Waals surface area contributed by atoms with Crippen LogP contribution < -0.4 is 10.1 Å². The summed E-state index contributed by atoms with van der Waals surface area (Å²) in [5.41, 5.74) is 1.38. The summed E-state index contributed by atoms with van der Waals surface area (Å²) in [5.74, 6) is -0.877. The monoisotopic (exact) mass is 423 g/mol. The van der Waals surface area contributed by atoms with Crippen LogP contribution in [-0.2, 0) is 4.79 Å². The molecule has 3 amide bonds. The fraction of sp³-hybridized carbons (Fsp3) is 0.273. The third-order valence-electron chi connectivity index (χ3n) is 4.90. The van der Waals surface area contributed by atoms with Crippen molar-refractivity contribution in [1.82, 2.24) is 9.88 Å². The third kappa shape index (κ3) is 3.43. The van der Waals surface area contributed by atoms with Crippen molar-refractivity contribution >= 4 is 44.4 Å². The van der Waals surface area contributed by atoms with Gasteiger partial charge < -0.3 is 10.1 Å². The first kappa shape index (κ1) is 20.0. The van der Waals surface area contributed by atoms with E-state index in [0.717, 1.165) is 20.9 Å². The highest BCUT2D eigenvalue weighted by Crippen LogP contribution is 2.31. The van der Waals surface area contributed by atoms with Crippen LogP contribution in [0.25, 0.3) is 10.2 Å². The molecule has 3 aromatic rings. The second-order valence-corrected chi connectivity index (χ2v) is 8.32. The molecule has 1 aromatic heterocycles. The lowest BCUT2D eigenvalue weighted by atomic mass is 10.0. The van der Waals surface area contributed by atoms with Gasteiger partial charge in [-0.15, -0.1) is 0 Å². The standard InChI is InChI=1S/C22H21N3O4S/c1-4-29-13-9-10-16-17(11-13)30-22(23-16)24-19(26)18(12(2)3)25-20(27)14-7-5-6-8-15(14)21(25)28/h5-12,18H,4H2,1-3H3,(H,23,24,26). The molecule has 0 spiro atoms. The highest BCUT2D eigenvalue weighted by molar-refractivity contribution is 7.22. The van der Waals surface area contributed by atoms with Gasteiger partial charge in [0.1, 0.15) is 11.8 Å². The van der Waals surface area contributed by atoms with Crippen LogP contribution in [-0.4, -0.2) is 40.3 Å². The average Bonchev–Trinajstić information content (AvgIpc) is 3.22. The normalized spacial score (nSPS) is 14.3. The Morgan fingerprint density at radius 3 is 2.40 bits per heavy atom. The van der Waals surface area contributed by atoms with Crippen LogP contribution in [0.15, 0.2) is 42.5 Å². The van der Waals surface area contributed by atoms with E-state index in [4.69, 9.17) is 4.74 Å². The number of rotatable bonds is 6. The topological polar surface area (TPSA) is 88.6 Å². The Hall–Kier alpha value is -3.26. The number of ether oxygens (including phenoxy) is 1. The van der Waals surface area contributed by atoms with E-state index in [2.05, 4.69) is 10.3 Å². The van der Waals surface area contributed by atoms with E-state index in [1.807, 2.05) is 25.1 Å². The van der Waals surface area contributed by atoms with Gasteiger partial charge in [-0.3, -0.25) is 19.3 Å². The Balaban J connectivity index is 1.60. The second-order valence-electron chi connectivity index (χ2n) is 7.29. The van der Waals surface area contributed by atoms with Crippen LogP contribution in [0.3, 0.4) is 0 Å². The zero-order valence-corrected chi connectivity index (χ0v) is 17.7. The SMILES string of the molecule is CCOc1ccc2nc(NC(=O)C(C(C)C)N3C(=O)c4ccccc4C3=O)sc2c1. The molecule has 0 saturated carbocycles. The minimum absolute atomic E-state index is 0.272. The molecule has 1 atom stereocenters. The maximum Gasteiger partial charge on any atom is 0.262 e. The van der Waals surface area contributed by atoms with E-state index in [-0.39, 0.29) is 5.92 Å². The number of hydrogen-bond donors (Lipinski definition) is 1. The largest absolute Gasteiger partial charge is 0.494 e. The fourth-order valence-electron chi connectivity index (χ4n) is 3.57. The summed E-state index contributed by atoms with van der Waals surface area (Å²) in [5, 5.41) is 3.20. The lowest BCUT2D eigenvalue weighted by molar-refractivity contribution is -0.121. The van der Waals surface area contributed by atoms with Crippen molar-refractivity contribution < 1.29 is 19.1 Å². The van der Waals surface area contributed by atoms with Crippen LogP contribution >= 0.6 is 11.3 Å². The number of anilines is 1. The van der Waals surface area contributed by atoms with Crippen LogP contribution in [0.4, 0.5) is 5.13 Å². The predicted octanol–water partition coefficient (Wildman–Crippen LogP) is 3.95. The van der Waals surface area contributed by atoms with Crippen molar-refractivity contribution in [2.75, 3.05) is 11.9 Å². The average molecular weight is 423 g/mol. The van der Waals surface area contributed by atoms with E-state index < -0.39 is 23.8 Å². The minimum atomic E-state index is -0.941.